The number of nitrogens with zero attached hydrogens (tertiary/aromatic N) is 1. The van der Waals surface area contributed by atoms with Crippen LogP contribution in [0.5, 0.6) is 0 Å². The van der Waals surface area contributed by atoms with Crippen molar-refractivity contribution >= 4 is 28.9 Å². The zero-order valence-corrected chi connectivity index (χ0v) is 14.6. The number of carbonyl (C=O) groups excluding carboxylic acids is 1. The predicted octanol–water partition coefficient (Wildman–Crippen LogP) is 4.21. The fourth-order valence-corrected chi connectivity index (χ4v) is 3.06. The molecule has 0 radical (unpaired) electrons. The molecule has 2 atom stereocenters. The van der Waals surface area contributed by atoms with Crippen LogP contribution in [-0.2, 0) is 4.74 Å². The molecule has 2 aromatic carbocycles. The fourth-order valence-electron chi connectivity index (χ4n) is 2.84. The SMILES string of the molecule is CC1CN(c2ccc(NC(=O)c3ccccc3Cl)cc2)C(C)CO1. The Bertz CT molecular complexity index is 718. The van der Waals surface area contributed by atoms with Crippen LogP contribution in [-0.4, -0.2) is 31.2 Å². The quantitative estimate of drug-likeness (QED) is 0.907. The van der Waals surface area contributed by atoms with Crippen molar-refractivity contribution in [3.8, 4) is 0 Å². The third kappa shape index (κ3) is 3.71. The Morgan fingerprint density at radius 2 is 1.88 bits per heavy atom. The van der Waals surface area contributed by atoms with E-state index >= 15 is 0 Å². The van der Waals surface area contributed by atoms with E-state index in [0.717, 1.165) is 24.5 Å². The third-order valence-electron chi connectivity index (χ3n) is 4.18. The van der Waals surface area contributed by atoms with Crippen molar-refractivity contribution in [2.24, 2.45) is 0 Å². The average Bonchev–Trinajstić information content (AvgIpc) is 2.58. The molecule has 126 valence electrons. The molecule has 0 aromatic heterocycles. The molecule has 1 saturated heterocycles. The van der Waals surface area contributed by atoms with Crippen molar-refractivity contribution in [2.75, 3.05) is 23.4 Å². The van der Waals surface area contributed by atoms with Gasteiger partial charge in [-0.3, -0.25) is 4.79 Å². The molecule has 1 amide bonds. The zero-order chi connectivity index (χ0) is 17.1. The Morgan fingerprint density at radius 1 is 1.17 bits per heavy atom. The molecule has 2 aromatic rings. The number of hydrogen-bond donors (Lipinski definition) is 1. The number of benzene rings is 2. The number of rotatable bonds is 3. The number of amides is 1. The van der Waals surface area contributed by atoms with E-state index in [-0.39, 0.29) is 12.0 Å². The monoisotopic (exact) mass is 344 g/mol. The number of carbonyl (C=O) groups is 1. The van der Waals surface area contributed by atoms with Crippen LogP contribution in [0.15, 0.2) is 48.5 Å². The third-order valence-corrected chi connectivity index (χ3v) is 4.51. The van der Waals surface area contributed by atoms with Crippen molar-refractivity contribution < 1.29 is 9.53 Å². The average molecular weight is 345 g/mol. The molecule has 4 nitrogen and oxygen atoms in total. The van der Waals surface area contributed by atoms with E-state index < -0.39 is 0 Å². The Hall–Kier alpha value is -2.04. The Morgan fingerprint density at radius 3 is 2.58 bits per heavy atom. The van der Waals surface area contributed by atoms with Crippen LogP contribution in [0, 0.1) is 0 Å². The van der Waals surface area contributed by atoms with Gasteiger partial charge in [-0.1, -0.05) is 23.7 Å². The number of ether oxygens (including phenoxy) is 1. The molecule has 3 rings (SSSR count). The van der Waals surface area contributed by atoms with Crippen molar-refractivity contribution in [1.82, 2.24) is 0 Å². The lowest BCUT2D eigenvalue weighted by Crippen LogP contribution is -2.47. The molecule has 0 aliphatic carbocycles. The first kappa shape index (κ1) is 16.8. The molecule has 5 heteroatoms. The number of anilines is 2. The summed E-state index contributed by atoms with van der Waals surface area (Å²) in [6.45, 7) is 5.83. The smallest absolute Gasteiger partial charge is 0.257 e. The molecule has 24 heavy (non-hydrogen) atoms. The Balaban J connectivity index is 1.71. The first-order valence-corrected chi connectivity index (χ1v) is 8.46. The fraction of sp³-hybridized carbons (Fsp3) is 0.316. The van der Waals surface area contributed by atoms with Gasteiger partial charge in [0.25, 0.3) is 5.91 Å². The summed E-state index contributed by atoms with van der Waals surface area (Å²) in [5, 5.41) is 3.33. The number of morpholine rings is 1. The molecular formula is C19H21ClN2O2. The van der Waals surface area contributed by atoms with Crippen LogP contribution in [0.4, 0.5) is 11.4 Å². The molecule has 0 saturated carbocycles. The lowest BCUT2D eigenvalue weighted by Gasteiger charge is -2.38. The lowest BCUT2D eigenvalue weighted by atomic mass is 10.1. The van der Waals surface area contributed by atoms with E-state index in [1.54, 1.807) is 24.3 Å². The number of halogens is 1. The molecule has 0 spiro atoms. The summed E-state index contributed by atoms with van der Waals surface area (Å²) >= 11 is 6.06. The maximum Gasteiger partial charge on any atom is 0.257 e. The second-order valence-electron chi connectivity index (χ2n) is 6.13. The molecule has 1 aliphatic rings. The molecule has 1 N–H and O–H groups in total. The van der Waals surface area contributed by atoms with Gasteiger partial charge in [0.1, 0.15) is 0 Å². The topological polar surface area (TPSA) is 41.6 Å². The number of hydrogen-bond acceptors (Lipinski definition) is 3. The maximum absolute atomic E-state index is 12.3. The van der Waals surface area contributed by atoms with Gasteiger partial charge in [0, 0.05) is 24.0 Å². The molecule has 0 bridgehead atoms. The lowest BCUT2D eigenvalue weighted by molar-refractivity contribution is 0.0344. The van der Waals surface area contributed by atoms with Gasteiger partial charge in [0.15, 0.2) is 0 Å². The summed E-state index contributed by atoms with van der Waals surface area (Å²) in [6.07, 6.45) is 0.223. The number of nitrogens with one attached hydrogen (secondary N) is 1. The first-order chi connectivity index (χ1) is 11.5. The zero-order valence-electron chi connectivity index (χ0n) is 13.8. The van der Waals surface area contributed by atoms with Gasteiger partial charge in [-0.05, 0) is 50.2 Å². The minimum Gasteiger partial charge on any atom is -0.375 e. The van der Waals surface area contributed by atoms with Crippen molar-refractivity contribution in [3.05, 3.63) is 59.1 Å². The van der Waals surface area contributed by atoms with E-state index in [0.29, 0.717) is 16.6 Å². The van der Waals surface area contributed by atoms with Gasteiger partial charge >= 0.3 is 0 Å². The van der Waals surface area contributed by atoms with Crippen molar-refractivity contribution in [2.45, 2.75) is 26.0 Å². The van der Waals surface area contributed by atoms with Gasteiger partial charge in [-0.2, -0.15) is 0 Å². The van der Waals surface area contributed by atoms with Gasteiger partial charge in [-0.25, -0.2) is 0 Å². The van der Waals surface area contributed by atoms with E-state index in [2.05, 4.69) is 24.1 Å². The van der Waals surface area contributed by atoms with Gasteiger partial charge in [0.2, 0.25) is 0 Å². The molecular weight excluding hydrogens is 324 g/mol. The molecule has 1 fully saturated rings. The van der Waals surface area contributed by atoms with Crippen molar-refractivity contribution in [1.29, 1.82) is 0 Å². The van der Waals surface area contributed by atoms with Crippen LogP contribution in [0.1, 0.15) is 24.2 Å². The van der Waals surface area contributed by atoms with Crippen LogP contribution < -0.4 is 10.2 Å². The van der Waals surface area contributed by atoms with Crippen LogP contribution in [0.25, 0.3) is 0 Å². The highest BCUT2D eigenvalue weighted by Crippen LogP contribution is 2.24. The maximum atomic E-state index is 12.3. The Labute approximate surface area is 147 Å². The summed E-state index contributed by atoms with van der Waals surface area (Å²) in [4.78, 5) is 14.6. The van der Waals surface area contributed by atoms with Gasteiger partial charge < -0.3 is 15.0 Å². The van der Waals surface area contributed by atoms with E-state index in [1.807, 2.05) is 24.3 Å². The minimum atomic E-state index is -0.207. The van der Waals surface area contributed by atoms with E-state index in [4.69, 9.17) is 16.3 Å². The van der Waals surface area contributed by atoms with E-state index in [1.165, 1.54) is 0 Å². The molecule has 1 aliphatic heterocycles. The van der Waals surface area contributed by atoms with Crippen LogP contribution in [0.2, 0.25) is 5.02 Å². The summed E-state index contributed by atoms with van der Waals surface area (Å²) < 4.78 is 5.67. The standard InChI is InChI=1S/C19H21ClN2O2/c1-13-12-24-14(2)11-22(13)16-9-7-15(8-10-16)21-19(23)17-5-3-4-6-18(17)20/h3-10,13-14H,11-12H2,1-2H3,(H,21,23). The van der Waals surface area contributed by atoms with Crippen LogP contribution in [0.3, 0.4) is 0 Å². The van der Waals surface area contributed by atoms with Crippen LogP contribution >= 0.6 is 11.6 Å². The highest BCUT2D eigenvalue weighted by atomic mass is 35.5. The first-order valence-electron chi connectivity index (χ1n) is 8.09. The second-order valence-corrected chi connectivity index (χ2v) is 6.53. The second kappa shape index (κ2) is 7.24. The highest BCUT2D eigenvalue weighted by molar-refractivity contribution is 6.34. The summed E-state index contributed by atoms with van der Waals surface area (Å²) in [6, 6.07) is 15.2. The summed E-state index contributed by atoms with van der Waals surface area (Å²) in [5.74, 6) is -0.207. The predicted molar refractivity (Wildman–Crippen MR) is 98.1 cm³/mol. The summed E-state index contributed by atoms with van der Waals surface area (Å²) in [5.41, 5.74) is 2.35. The molecule has 2 unspecified atom stereocenters. The van der Waals surface area contributed by atoms with Crippen molar-refractivity contribution in [3.63, 3.8) is 0 Å². The van der Waals surface area contributed by atoms with Gasteiger partial charge in [-0.15, -0.1) is 0 Å². The van der Waals surface area contributed by atoms with E-state index in [9.17, 15) is 4.79 Å². The largest absolute Gasteiger partial charge is 0.375 e. The molecule has 1 heterocycles. The van der Waals surface area contributed by atoms with Gasteiger partial charge in [0.05, 0.1) is 23.3 Å². The normalized spacial score (nSPS) is 20.7. The highest BCUT2D eigenvalue weighted by Gasteiger charge is 2.23. The Kier molecular flexibility index (Phi) is 5.07. The summed E-state index contributed by atoms with van der Waals surface area (Å²) in [7, 11) is 0. The minimum absolute atomic E-state index is 0.207.